The Morgan fingerprint density at radius 1 is 0.895 bits per heavy atom. The zero-order valence-corrected chi connectivity index (χ0v) is 12.5. The average Bonchev–Trinajstić information content (AvgIpc) is 2.46. The van der Waals surface area contributed by atoms with E-state index in [1.54, 1.807) is 4.90 Å². The van der Waals surface area contributed by atoms with Crippen molar-refractivity contribution in [2.75, 3.05) is 26.2 Å². The van der Waals surface area contributed by atoms with Gasteiger partial charge in [0.2, 0.25) is 5.91 Å². The van der Waals surface area contributed by atoms with Gasteiger partial charge in [-0.2, -0.15) is 0 Å². The van der Waals surface area contributed by atoms with Crippen molar-refractivity contribution in [1.82, 2.24) is 9.80 Å². The van der Waals surface area contributed by atoms with E-state index in [1.165, 1.54) is 6.42 Å². The monoisotopic (exact) mass is 306 g/mol. The fourth-order valence-electron chi connectivity index (χ4n) is 2.89. The first-order valence-electron chi connectivity index (χ1n) is 6.95. The number of carbonyl (C=O) groups excluding carboxylic acids is 2. The van der Waals surface area contributed by atoms with Crippen LogP contribution in [0.2, 0.25) is 0 Å². The van der Waals surface area contributed by atoms with Gasteiger partial charge in [0, 0.05) is 32.1 Å². The van der Waals surface area contributed by atoms with Gasteiger partial charge in [0.1, 0.15) is 0 Å². The maximum atomic E-state index is 12.3. The van der Waals surface area contributed by atoms with Gasteiger partial charge in [0.25, 0.3) is 5.91 Å². The predicted octanol–water partition coefficient (Wildman–Crippen LogP) is 2.04. The number of carbonyl (C=O) groups is 2. The second-order valence-electron chi connectivity index (χ2n) is 5.29. The topological polar surface area (TPSA) is 40.6 Å². The first-order chi connectivity index (χ1) is 9.09. The Morgan fingerprint density at radius 3 is 1.95 bits per heavy atom. The molecule has 0 atom stereocenters. The van der Waals surface area contributed by atoms with Gasteiger partial charge in [-0.15, -0.1) is 0 Å². The molecular weight excluding hydrogens is 287 g/mol. The van der Waals surface area contributed by atoms with Crippen LogP contribution in [0.4, 0.5) is 0 Å². The Morgan fingerprint density at radius 2 is 1.42 bits per heavy atom. The van der Waals surface area contributed by atoms with Gasteiger partial charge in [-0.3, -0.25) is 9.59 Å². The van der Waals surface area contributed by atoms with Crippen molar-refractivity contribution in [3.8, 4) is 0 Å². The molecule has 2 amide bonds. The lowest BCUT2D eigenvalue weighted by Gasteiger charge is -2.37. The summed E-state index contributed by atoms with van der Waals surface area (Å²) in [6.45, 7) is 2.27. The van der Waals surface area contributed by atoms with Crippen molar-refractivity contribution in [3.63, 3.8) is 0 Å². The number of amides is 2. The zero-order valence-electron chi connectivity index (χ0n) is 11.0. The van der Waals surface area contributed by atoms with E-state index < -0.39 is 4.84 Å². The summed E-state index contributed by atoms with van der Waals surface area (Å²) in [5.74, 6) is 0.206. The van der Waals surface area contributed by atoms with E-state index in [9.17, 15) is 9.59 Å². The summed E-state index contributed by atoms with van der Waals surface area (Å²) in [5, 5.41) is 0. The van der Waals surface area contributed by atoms with Crippen LogP contribution in [0.1, 0.15) is 32.1 Å². The molecule has 2 fully saturated rings. The number of hydrogen-bond acceptors (Lipinski definition) is 2. The van der Waals surface area contributed by atoms with Crippen LogP contribution in [0.15, 0.2) is 0 Å². The van der Waals surface area contributed by atoms with Crippen LogP contribution in [-0.2, 0) is 9.59 Å². The number of rotatable bonds is 2. The van der Waals surface area contributed by atoms with Crippen LogP contribution in [0.25, 0.3) is 0 Å². The second kappa shape index (κ2) is 6.80. The lowest BCUT2D eigenvalue weighted by molar-refractivity contribution is -0.142. The van der Waals surface area contributed by atoms with Crippen molar-refractivity contribution in [1.29, 1.82) is 0 Å². The van der Waals surface area contributed by atoms with Crippen LogP contribution in [0.5, 0.6) is 0 Å². The Bertz CT molecular complexity index is 336. The van der Waals surface area contributed by atoms with E-state index in [0.29, 0.717) is 26.2 Å². The number of hydrogen-bond donors (Lipinski definition) is 0. The van der Waals surface area contributed by atoms with Gasteiger partial charge in [-0.25, -0.2) is 0 Å². The molecule has 1 aliphatic heterocycles. The standard InChI is InChI=1S/C13H20Cl2N2O2/c14-11(15)13(19)17-8-6-16(7-9-17)12(18)10-4-2-1-3-5-10/h10-11H,1-9H2. The molecule has 0 aromatic heterocycles. The van der Waals surface area contributed by atoms with Crippen LogP contribution in [0, 0.1) is 5.92 Å². The summed E-state index contributed by atoms with van der Waals surface area (Å²) < 4.78 is 0. The molecule has 0 aromatic rings. The Hall–Kier alpha value is -0.480. The molecule has 1 heterocycles. The fourth-order valence-corrected chi connectivity index (χ4v) is 3.17. The lowest BCUT2D eigenvalue weighted by Crippen LogP contribution is -2.53. The first-order valence-corrected chi connectivity index (χ1v) is 7.82. The van der Waals surface area contributed by atoms with E-state index in [4.69, 9.17) is 23.2 Å². The molecular formula is C13H20Cl2N2O2. The Labute approximate surface area is 124 Å². The van der Waals surface area contributed by atoms with E-state index in [-0.39, 0.29) is 17.7 Å². The average molecular weight is 307 g/mol. The molecule has 0 aromatic carbocycles. The molecule has 2 rings (SSSR count). The van der Waals surface area contributed by atoms with Crippen molar-refractivity contribution < 1.29 is 9.59 Å². The van der Waals surface area contributed by atoms with Gasteiger partial charge in [0.15, 0.2) is 4.84 Å². The Kier molecular flexibility index (Phi) is 5.34. The largest absolute Gasteiger partial charge is 0.339 e. The fraction of sp³-hybridized carbons (Fsp3) is 0.846. The minimum Gasteiger partial charge on any atom is -0.339 e. The van der Waals surface area contributed by atoms with E-state index in [1.807, 2.05) is 4.90 Å². The molecule has 6 heteroatoms. The smallest absolute Gasteiger partial charge is 0.255 e. The first kappa shape index (κ1) is 14.9. The molecule has 4 nitrogen and oxygen atoms in total. The molecule has 1 saturated heterocycles. The summed E-state index contributed by atoms with van der Waals surface area (Å²) in [7, 11) is 0. The molecule has 1 saturated carbocycles. The molecule has 108 valence electrons. The second-order valence-corrected chi connectivity index (χ2v) is 6.38. The number of alkyl halides is 2. The zero-order chi connectivity index (χ0) is 13.8. The third-order valence-electron chi connectivity index (χ3n) is 4.04. The van der Waals surface area contributed by atoms with Gasteiger partial charge < -0.3 is 9.80 Å². The van der Waals surface area contributed by atoms with Crippen molar-refractivity contribution >= 4 is 35.0 Å². The van der Waals surface area contributed by atoms with Gasteiger partial charge in [0.05, 0.1) is 0 Å². The maximum Gasteiger partial charge on any atom is 0.255 e. The maximum absolute atomic E-state index is 12.3. The number of halogens is 2. The summed E-state index contributed by atoms with van der Waals surface area (Å²) in [4.78, 5) is 26.5. The molecule has 19 heavy (non-hydrogen) atoms. The summed E-state index contributed by atoms with van der Waals surface area (Å²) in [6.07, 6.45) is 5.61. The normalized spacial score (nSPS) is 21.8. The molecule has 2 aliphatic rings. The number of piperazine rings is 1. The van der Waals surface area contributed by atoms with E-state index >= 15 is 0 Å². The van der Waals surface area contributed by atoms with Crippen LogP contribution >= 0.6 is 23.2 Å². The molecule has 0 unspecified atom stereocenters. The van der Waals surface area contributed by atoms with Gasteiger partial charge in [-0.1, -0.05) is 42.5 Å². The molecule has 0 radical (unpaired) electrons. The highest BCUT2D eigenvalue weighted by atomic mass is 35.5. The minimum absolute atomic E-state index is 0.199. The molecule has 0 bridgehead atoms. The minimum atomic E-state index is -0.999. The molecule has 1 aliphatic carbocycles. The van der Waals surface area contributed by atoms with Crippen LogP contribution < -0.4 is 0 Å². The molecule has 0 N–H and O–H groups in total. The van der Waals surface area contributed by atoms with Crippen molar-refractivity contribution in [3.05, 3.63) is 0 Å². The van der Waals surface area contributed by atoms with Gasteiger partial charge >= 0.3 is 0 Å². The Balaban J connectivity index is 1.82. The summed E-state index contributed by atoms with van der Waals surface area (Å²) in [5.41, 5.74) is 0. The predicted molar refractivity (Wildman–Crippen MR) is 75.2 cm³/mol. The summed E-state index contributed by atoms with van der Waals surface area (Å²) in [6, 6.07) is 0. The third kappa shape index (κ3) is 3.76. The quantitative estimate of drug-likeness (QED) is 0.733. The lowest BCUT2D eigenvalue weighted by atomic mass is 9.88. The van der Waals surface area contributed by atoms with E-state index in [0.717, 1.165) is 25.7 Å². The summed E-state index contributed by atoms with van der Waals surface area (Å²) >= 11 is 11.2. The highest BCUT2D eigenvalue weighted by Crippen LogP contribution is 2.26. The SMILES string of the molecule is O=C(C(Cl)Cl)N1CCN(C(=O)C2CCCCC2)CC1. The molecule has 0 spiro atoms. The van der Waals surface area contributed by atoms with Crippen molar-refractivity contribution in [2.24, 2.45) is 5.92 Å². The van der Waals surface area contributed by atoms with Crippen LogP contribution in [-0.4, -0.2) is 52.6 Å². The number of nitrogens with zero attached hydrogens (tertiary/aromatic N) is 2. The van der Waals surface area contributed by atoms with Gasteiger partial charge in [-0.05, 0) is 12.8 Å². The highest BCUT2D eigenvalue weighted by Gasteiger charge is 2.30. The van der Waals surface area contributed by atoms with Crippen LogP contribution in [0.3, 0.4) is 0 Å². The third-order valence-corrected chi connectivity index (χ3v) is 4.42. The highest BCUT2D eigenvalue weighted by molar-refractivity contribution is 6.53. The van der Waals surface area contributed by atoms with E-state index in [2.05, 4.69) is 0 Å². The van der Waals surface area contributed by atoms with Crippen molar-refractivity contribution in [2.45, 2.75) is 36.9 Å².